The second kappa shape index (κ2) is 6.15. The van der Waals surface area contributed by atoms with E-state index >= 15 is 0 Å². The number of ketones is 1. The van der Waals surface area contributed by atoms with Gasteiger partial charge in [0.05, 0.1) is 17.1 Å². The molecule has 0 spiro atoms. The lowest BCUT2D eigenvalue weighted by atomic mass is 10.1. The fraction of sp³-hybridized carbons (Fsp3) is 0.273. The Morgan fingerprint density at radius 1 is 1.44 bits per heavy atom. The van der Waals surface area contributed by atoms with Crippen LogP contribution in [0.2, 0.25) is 0 Å². The highest BCUT2D eigenvalue weighted by Crippen LogP contribution is 2.33. The highest BCUT2D eigenvalue weighted by molar-refractivity contribution is 9.11. The predicted octanol–water partition coefficient (Wildman–Crippen LogP) is 3.38. The summed E-state index contributed by atoms with van der Waals surface area (Å²) in [5.74, 6) is 0.394. The van der Waals surface area contributed by atoms with Crippen molar-refractivity contribution in [3.63, 3.8) is 0 Å². The van der Waals surface area contributed by atoms with Crippen LogP contribution in [-0.4, -0.2) is 19.2 Å². The van der Waals surface area contributed by atoms with Gasteiger partial charge in [0.1, 0.15) is 12.0 Å². The van der Waals surface area contributed by atoms with Crippen molar-refractivity contribution in [2.45, 2.75) is 12.8 Å². The molecule has 0 saturated carbocycles. The van der Waals surface area contributed by atoms with Crippen molar-refractivity contribution in [1.82, 2.24) is 0 Å². The van der Waals surface area contributed by atoms with Crippen LogP contribution >= 0.6 is 31.9 Å². The molecular weight excluding hydrogens is 340 g/mol. The SMILES string of the molecule is COc1c(Br)cc(Br)cc1C(=O)CCC=O. The molecule has 0 unspecified atom stereocenters. The Hall–Kier alpha value is -0.680. The van der Waals surface area contributed by atoms with Crippen LogP contribution in [0.1, 0.15) is 23.2 Å². The van der Waals surface area contributed by atoms with Crippen molar-refractivity contribution in [1.29, 1.82) is 0 Å². The number of carbonyl (C=O) groups excluding carboxylic acids is 2. The molecule has 0 N–H and O–H groups in total. The number of hydrogen-bond donors (Lipinski definition) is 0. The Balaban J connectivity index is 3.10. The molecule has 0 aromatic heterocycles. The smallest absolute Gasteiger partial charge is 0.167 e. The average molecular weight is 350 g/mol. The van der Waals surface area contributed by atoms with Crippen molar-refractivity contribution in [3.8, 4) is 5.75 Å². The van der Waals surface area contributed by atoms with Crippen LogP contribution in [-0.2, 0) is 4.79 Å². The fourth-order valence-corrected chi connectivity index (χ4v) is 2.69. The Labute approximate surface area is 110 Å². The number of rotatable bonds is 5. The normalized spacial score (nSPS) is 9.94. The topological polar surface area (TPSA) is 43.4 Å². The van der Waals surface area contributed by atoms with Gasteiger partial charge in [-0.15, -0.1) is 0 Å². The zero-order chi connectivity index (χ0) is 12.1. The van der Waals surface area contributed by atoms with Crippen LogP contribution < -0.4 is 4.74 Å². The Morgan fingerprint density at radius 2 is 2.12 bits per heavy atom. The lowest BCUT2D eigenvalue weighted by Crippen LogP contribution is -2.03. The van der Waals surface area contributed by atoms with Gasteiger partial charge in [0.2, 0.25) is 0 Å². The van der Waals surface area contributed by atoms with Crippen molar-refractivity contribution in [2.75, 3.05) is 7.11 Å². The van der Waals surface area contributed by atoms with Crippen molar-refractivity contribution >= 4 is 43.9 Å². The predicted molar refractivity (Wildman–Crippen MR) is 68.0 cm³/mol. The average Bonchev–Trinajstić information content (AvgIpc) is 2.24. The summed E-state index contributed by atoms with van der Waals surface area (Å²) in [6.45, 7) is 0. The van der Waals surface area contributed by atoms with Crippen LogP contribution in [0.5, 0.6) is 5.75 Å². The summed E-state index contributed by atoms with van der Waals surface area (Å²) < 4.78 is 6.65. The first-order chi connectivity index (χ1) is 7.60. The third kappa shape index (κ3) is 3.15. The largest absolute Gasteiger partial charge is 0.495 e. The van der Waals surface area contributed by atoms with Gasteiger partial charge in [-0.05, 0) is 28.1 Å². The Bertz CT molecular complexity index is 416. The maximum Gasteiger partial charge on any atom is 0.167 e. The van der Waals surface area contributed by atoms with Crippen LogP contribution in [0.4, 0.5) is 0 Å². The highest BCUT2D eigenvalue weighted by atomic mass is 79.9. The molecule has 0 amide bonds. The number of hydrogen-bond acceptors (Lipinski definition) is 3. The summed E-state index contributed by atoms with van der Waals surface area (Å²) >= 11 is 6.62. The molecule has 3 nitrogen and oxygen atoms in total. The van der Waals surface area contributed by atoms with Crippen LogP contribution in [0.25, 0.3) is 0 Å². The van der Waals surface area contributed by atoms with Crippen LogP contribution in [0.3, 0.4) is 0 Å². The van der Waals surface area contributed by atoms with Gasteiger partial charge in [0.25, 0.3) is 0 Å². The van der Waals surface area contributed by atoms with Crippen molar-refractivity contribution in [3.05, 3.63) is 26.6 Å². The van der Waals surface area contributed by atoms with E-state index in [4.69, 9.17) is 4.74 Å². The van der Waals surface area contributed by atoms with Gasteiger partial charge in [-0.2, -0.15) is 0 Å². The van der Waals surface area contributed by atoms with E-state index in [2.05, 4.69) is 31.9 Å². The molecule has 0 aliphatic rings. The van der Waals surface area contributed by atoms with E-state index in [0.717, 1.165) is 10.8 Å². The first kappa shape index (κ1) is 13.4. The molecule has 0 bridgehead atoms. The van der Waals surface area contributed by atoms with E-state index in [1.165, 1.54) is 7.11 Å². The lowest BCUT2D eigenvalue weighted by Gasteiger charge is -2.09. The number of Topliss-reactive ketones (excluding diaryl/α,β-unsaturated/α-hetero) is 1. The number of carbonyl (C=O) groups is 2. The maximum absolute atomic E-state index is 11.8. The zero-order valence-corrected chi connectivity index (χ0v) is 11.8. The highest BCUT2D eigenvalue weighted by Gasteiger charge is 2.15. The molecule has 0 fully saturated rings. The van der Waals surface area contributed by atoms with Gasteiger partial charge in [-0.25, -0.2) is 0 Å². The van der Waals surface area contributed by atoms with Crippen molar-refractivity contribution < 1.29 is 14.3 Å². The first-order valence-electron chi connectivity index (χ1n) is 4.60. The second-order valence-corrected chi connectivity index (χ2v) is 4.87. The number of halogens is 2. The molecule has 1 rings (SSSR count). The van der Waals surface area contributed by atoms with Gasteiger partial charge >= 0.3 is 0 Å². The van der Waals surface area contributed by atoms with Crippen LogP contribution in [0, 0.1) is 0 Å². The van der Waals surface area contributed by atoms with E-state index in [1.54, 1.807) is 12.1 Å². The van der Waals surface area contributed by atoms with Gasteiger partial charge < -0.3 is 9.53 Å². The van der Waals surface area contributed by atoms with Gasteiger partial charge in [0.15, 0.2) is 5.78 Å². The van der Waals surface area contributed by atoms with Gasteiger partial charge in [0, 0.05) is 17.3 Å². The van der Waals surface area contributed by atoms with Gasteiger partial charge in [-0.3, -0.25) is 4.79 Å². The summed E-state index contributed by atoms with van der Waals surface area (Å²) in [5.41, 5.74) is 0.477. The minimum Gasteiger partial charge on any atom is -0.495 e. The minimum absolute atomic E-state index is 0.106. The van der Waals surface area contributed by atoms with E-state index in [-0.39, 0.29) is 18.6 Å². The molecule has 1 aromatic rings. The Morgan fingerprint density at radius 3 is 2.69 bits per heavy atom. The standard InChI is InChI=1S/C11H10Br2O3/c1-16-11-8(10(15)3-2-4-14)5-7(12)6-9(11)13/h4-6H,2-3H2,1H3. The summed E-state index contributed by atoms with van der Waals surface area (Å²) in [6, 6.07) is 3.49. The summed E-state index contributed by atoms with van der Waals surface area (Å²) in [5, 5.41) is 0. The monoisotopic (exact) mass is 348 g/mol. The summed E-state index contributed by atoms with van der Waals surface area (Å²) in [7, 11) is 1.50. The zero-order valence-electron chi connectivity index (χ0n) is 8.63. The van der Waals surface area contributed by atoms with Crippen molar-refractivity contribution in [2.24, 2.45) is 0 Å². The second-order valence-electron chi connectivity index (χ2n) is 3.10. The van der Waals surface area contributed by atoms with Gasteiger partial charge in [-0.1, -0.05) is 15.9 Å². The maximum atomic E-state index is 11.8. The number of methoxy groups -OCH3 is 1. The third-order valence-electron chi connectivity index (χ3n) is 2.00. The molecular formula is C11H10Br2O3. The molecule has 0 radical (unpaired) electrons. The number of aldehydes is 1. The molecule has 16 heavy (non-hydrogen) atoms. The molecule has 0 heterocycles. The van der Waals surface area contributed by atoms with E-state index in [1.807, 2.05) is 0 Å². The Kier molecular flexibility index (Phi) is 5.15. The molecule has 0 aliphatic carbocycles. The third-order valence-corrected chi connectivity index (χ3v) is 3.05. The first-order valence-corrected chi connectivity index (χ1v) is 6.18. The minimum atomic E-state index is -0.106. The molecule has 86 valence electrons. The molecule has 0 saturated heterocycles. The molecule has 1 aromatic carbocycles. The number of benzene rings is 1. The molecule has 0 atom stereocenters. The summed E-state index contributed by atoms with van der Waals surface area (Å²) in [6.07, 6.45) is 1.16. The fourth-order valence-electron chi connectivity index (χ4n) is 1.30. The quantitative estimate of drug-likeness (QED) is 0.604. The van der Waals surface area contributed by atoms with E-state index in [0.29, 0.717) is 15.8 Å². The van der Waals surface area contributed by atoms with Crippen LogP contribution in [0.15, 0.2) is 21.1 Å². The molecule has 5 heteroatoms. The number of ether oxygens (including phenoxy) is 1. The summed E-state index contributed by atoms with van der Waals surface area (Å²) in [4.78, 5) is 22.0. The molecule has 0 aliphatic heterocycles. The lowest BCUT2D eigenvalue weighted by molar-refractivity contribution is -0.107. The van der Waals surface area contributed by atoms with E-state index in [9.17, 15) is 9.59 Å². The van der Waals surface area contributed by atoms with E-state index < -0.39 is 0 Å².